The van der Waals surface area contributed by atoms with Crippen LogP contribution in [0.15, 0.2) is 18.3 Å². The van der Waals surface area contributed by atoms with E-state index in [0.29, 0.717) is 17.2 Å². The molecule has 2 rings (SSSR count). The van der Waals surface area contributed by atoms with Crippen molar-refractivity contribution in [2.75, 3.05) is 11.9 Å². The first kappa shape index (κ1) is 14.3. The van der Waals surface area contributed by atoms with Crippen LogP contribution in [0.2, 0.25) is 4.78 Å². The van der Waals surface area contributed by atoms with Crippen LogP contribution in [0.5, 0.6) is 0 Å². The van der Waals surface area contributed by atoms with Crippen LogP contribution in [0, 0.1) is 5.92 Å². The minimum absolute atomic E-state index is 0.153. The molecule has 2 radical (unpaired) electrons. The average molecular weight is 275 g/mol. The van der Waals surface area contributed by atoms with Crippen molar-refractivity contribution in [2.45, 2.75) is 30.8 Å². The highest BCUT2D eigenvalue weighted by Crippen LogP contribution is 2.34. The molecule has 1 unspecified atom stereocenters. The fourth-order valence-corrected chi connectivity index (χ4v) is 2.76. The van der Waals surface area contributed by atoms with Crippen molar-refractivity contribution >= 4 is 27.9 Å². The second-order valence-electron chi connectivity index (χ2n) is 4.99. The van der Waals surface area contributed by atoms with E-state index in [1.807, 2.05) is 6.07 Å². The smallest absolute Gasteiger partial charge is 0.267 e. The Morgan fingerprint density at radius 3 is 2.89 bits per heavy atom. The molecule has 1 aromatic rings. The largest absolute Gasteiger partial charge is 0.382 e. The van der Waals surface area contributed by atoms with E-state index in [4.69, 9.17) is 10.5 Å². The van der Waals surface area contributed by atoms with Gasteiger partial charge in [0, 0.05) is 18.4 Å². The van der Waals surface area contributed by atoms with E-state index in [0.717, 1.165) is 5.69 Å². The van der Waals surface area contributed by atoms with Crippen LogP contribution in [-0.2, 0) is 4.74 Å². The Hall–Kier alpha value is -1.09. The van der Waals surface area contributed by atoms with Gasteiger partial charge >= 0.3 is 0 Å². The number of primary amides is 1. The zero-order valence-corrected chi connectivity index (χ0v) is 12.3. The lowest BCUT2D eigenvalue weighted by atomic mass is 10.0. The highest BCUT2D eigenvalue weighted by atomic mass is 27.0. The van der Waals surface area contributed by atoms with Crippen LogP contribution in [0.4, 0.5) is 5.69 Å². The molecule has 1 amide bonds. The van der Waals surface area contributed by atoms with Crippen LogP contribution in [0.25, 0.3) is 0 Å². The molecule has 6 heteroatoms. The standard InChI is InChI=1S/C13H18N3O2.Al/c1-8-5-11(18-9(8)2)7-16-10-3-4-15-12(6-10)13(14)17;/h3-6,8-9,11H,7H2,1-2H3,(H2,14,17)(H,15,16);/t8-,9-,11+;/m1./s1. The lowest BCUT2D eigenvalue weighted by Crippen LogP contribution is -2.24. The molecule has 0 aromatic carbocycles. The van der Waals surface area contributed by atoms with Crippen LogP contribution in [0.1, 0.15) is 24.3 Å². The van der Waals surface area contributed by atoms with Gasteiger partial charge in [0.1, 0.15) is 22.0 Å². The summed E-state index contributed by atoms with van der Waals surface area (Å²) in [6, 6.07) is 3.47. The number of nitrogens with zero attached hydrogens (tertiary/aromatic N) is 1. The topological polar surface area (TPSA) is 77.2 Å². The van der Waals surface area contributed by atoms with Crippen molar-refractivity contribution in [3.8, 4) is 0 Å². The number of nitrogens with one attached hydrogen (secondary N) is 1. The molecule has 19 heavy (non-hydrogen) atoms. The fraction of sp³-hybridized carbons (Fsp3) is 0.538. The van der Waals surface area contributed by atoms with E-state index < -0.39 is 5.91 Å². The van der Waals surface area contributed by atoms with Crippen molar-refractivity contribution < 1.29 is 9.53 Å². The minimum atomic E-state index is -0.521. The predicted octanol–water partition coefficient (Wildman–Crippen LogP) is 0.973. The molecule has 3 N–H and O–H groups in total. The molecule has 1 saturated heterocycles. The second kappa shape index (κ2) is 5.91. The minimum Gasteiger partial charge on any atom is -0.382 e. The van der Waals surface area contributed by atoms with Crippen LogP contribution in [0.3, 0.4) is 0 Å². The Morgan fingerprint density at radius 2 is 2.32 bits per heavy atom. The summed E-state index contributed by atoms with van der Waals surface area (Å²) in [5.41, 5.74) is 6.30. The van der Waals surface area contributed by atoms with Crippen LogP contribution < -0.4 is 11.1 Å². The van der Waals surface area contributed by atoms with Crippen LogP contribution >= 0.6 is 0 Å². The number of anilines is 1. The summed E-state index contributed by atoms with van der Waals surface area (Å²) in [6.45, 7) is 4.99. The Bertz CT molecular complexity index is 469. The SMILES string of the molecule is C[C@@H]1[CH]([Al])[C@@H](CNc2ccnc(C(N)=O)c2)O[C@@H]1C. The molecule has 0 saturated carbocycles. The van der Waals surface area contributed by atoms with E-state index in [9.17, 15) is 4.79 Å². The summed E-state index contributed by atoms with van der Waals surface area (Å²) in [7, 11) is 0. The maximum Gasteiger partial charge on any atom is 0.267 e. The molecular weight excluding hydrogens is 257 g/mol. The Balaban J connectivity index is 1.96. The zero-order valence-electron chi connectivity index (χ0n) is 11.2. The average Bonchev–Trinajstić information content (AvgIpc) is 2.64. The molecular formula is C13H18AlN3O2. The number of hydrogen-bond acceptors (Lipinski definition) is 4. The number of ether oxygens (including phenoxy) is 1. The van der Waals surface area contributed by atoms with Gasteiger partial charge in [-0.3, -0.25) is 9.78 Å². The zero-order chi connectivity index (χ0) is 14.0. The first-order valence-electron chi connectivity index (χ1n) is 6.40. The second-order valence-corrected chi connectivity index (χ2v) is 5.76. The van der Waals surface area contributed by atoms with Crippen LogP contribution in [-0.4, -0.2) is 45.9 Å². The number of aromatic nitrogens is 1. The van der Waals surface area contributed by atoms with E-state index in [-0.39, 0.29) is 17.9 Å². The Kier molecular flexibility index (Phi) is 4.46. The van der Waals surface area contributed by atoms with Gasteiger partial charge in [-0.15, -0.1) is 0 Å². The van der Waals surface area contributed by atoms with Crippen molar-refractivity contribution in [1.82, 2.24) is 4.98 Å². The number of carbonyl (C=O) groups excluding carboxylic acids is 1. The third kappa shape index (κ3) is 3.27. The van der Waals surface area contributed by atoms with Gasteiger partial charge in [0.25, 0.3) is 5.91 Å². The van der Waals surface area contributed by atoms with E-state index in [1.54, 1.807) is 12.3 Å². The highest BCUT2D eigenvalue weighted by Gasteiger charge is 2.34. The molecule has 4 atom stereocenters. The predicted molar refractivity (Wildman–Crippen MR) is 74.2 cm³/mol. The van der Waals surface area contributed by atoms with Crippen molar-refractivity contribution in [2.24, 2.45) is 11.7 Å². The van der Waals surface area contributed by atoms with E-state index in [2.05, 4.69) is 40.4 Å². The van der Waals surface area contributed by atoms with Gasteiger partial charge in [-0.05, 0) is 25.0 Å². The number of hydrogen-bond donors (Lipinski definition) is 2. The third-order valence-corrected chi connectivity index (χ3v) is 4.72. The number of nitrogens with two attached hydrogens (primary N) is 1. The lowest BCUT2D eigenvalue weighted by Gasteiger charge is -2.18. The summed E-state index contributed by atoms with van der Waals surface area (Å²) in [6.07, 6.45) is 1.99. The molecule has 1 aromatic heterocycles. The first-order valence-corrected chi connectivity index (χ1v) is 7.06. The molecule has 100 valence electrons. The first-order chi connectivity index (χ1) is 8.99. The van der Waals surface area contributed by atoms with Gasteiger partial charge in [-0.1, -0.05) is 11.7 Å². The van der Waals surface area contributed by atoms with Gasteiger partial charge in [0.2, 0.25) is 0 Å². The maximum absolute atomic E-state index is 11.1. The summed E-state index contributed by atoms with van der Waals surface area (Å²) in [5, 5.41) is 3.27. The Morgan fingerprint density at radius 1 is 1.58 bits per heavy atom. The molecule has 2 heterocycles. The number of rotatable bonds is 4. The summed E-state index contributed by atoms with van der Waals surface area (Å²) in [5.74, 6) is 0.00218. The number of carbonyl (C=O) groups is 1. The van der Waals surface area contributed by atoms with Gasteiger partial charge in [0.05, 0.1) is 12.2 Å². The maximum atomic E-state index is 11.1. The number of amides is 1. The molecule has 1 aliphatic heterocycles. The molecule has 1 fully saturated rings. The fourth-order valence-electron chi connectivity index (χ4n) is 2.22. The highest BCUT2D eigenvalue weighted by molar-refractivity contribution is 6.12. The summed E-state index contributed by atoms with van der Waals surface area (Å²) < 4.78 is 6.33. The van der Waals surface area contributed by atoms with E-state index >= 15 is 0 Å². The lowest BCUT2D eigenvalue weighted by molar-refractivity contribution is 0.0549. The van der Waals surface area contributed by atoms with Gasteiger partial charge < -0.3 is 15.8 Å². The van der Waals surface area contributed by atoms with Crippen molar-refractivity contribution in [3.05, 3.63) is 24.0 Å². The normalized spacial score (nSPS) is 30.2. The quantitative estimate of drug-likeness (QED) is 0.803. The van der Waals surface area contributed by atoms with Gasteiger partial charge in [-0.25, -0.2) is 0 Å². The molecule has 5 nitrogen and oxygen atoms in total. The summed E-state index contributed by atoms with van der Waals surface area (Å²) >= 11 is 2.86. The van der Waals surface area contributed by atoms with Crippen molar-refractivity contribution in [3.63, 3.8) is 0 Å². The van der Waals surface area contributed by atoms with E-state index in [1.165, 1.54) is 0 Å². The third-order valence-electron chi connectivity index (χ3n) is 3.69. The van der Waals surface area contributed by atoms with Crippen molar-refractivity contribution in [1.29, 1.82) is 0 Å². The summed E-state index contributed by atoms with van der Waals surface area (Å²) in [4.78, 5) is 15.0. The monoisotopic (exact) mass is 275 g/mol. The van der Waals surface area contributed by atoms with Gasteiger partial charge in [0.15, 0.2) is 0 Å². The molecule has 0 aliphatic carbocycles. The molecule has 0 spiro atoms. The molecule has 1 aliphatic rings. The van der Waals surface area contributed by atoms with Gasteiger partial charge in [-0.2, -0.15) is 0 Å². The number of pyridine rings is 1. The Labute approximate surface area is 121 Å². The molecule has 0 bridgehead atoms.